The van der Waals surface area contributed by atoms with E-state index >= 15 is 0 Å². The van der Waals surface area contributed by atoms with Gasteiger partial charge in [0.2, 0.25) is 0 Å². The lowest BCUT2D eigenvalue weighted by Gasteiger charge is -2.19. The van der Waals surface area contributed by atoms with E-state index in [1.807, 2.05) is 12.4 Å². The van der Waals surface area contributed by atoms with Crippen LogP contribution in [0.2, 0.25) is 6.82 Å². The van der Waals surface area contributed by atoms with E-state index in [0.29, 0.717) is 12.0 Å². The van der Waals surface area contributed by atoms with E-state index in [9.17, 15) is 0 Å². The average Bonchev–Trinajstić information content (AvgIpc) is 2.55. The molecule has 1 atom stereocenters. The van der Waals surface area contributed by atoms with Crippen LogP contribution in [0.3, 0.4) is 0 Å². The maximum absolute atomic E-state index is 5.84. The molecular weight excluding hydrogens is 161 g/mol. The Morgan fingerprint density at radius 2 is 2.08 bits per heavy atom. The van der Waals surface area contributed by atoms with Crippen LogP contribution in [0, 0.1) is 5.92 Å². The van der Waals surface area contributed by atoms with Crippen molar-refractivity contribution in [3.8, 4) is 0 Å². The van der Waals surface area contributed by atoms with Crippen LogP contribution in [0.5, 0.6) is 0 Å². The van der Waals surface area contributed by atoms with E-state index in [1.54, 1.807) is 0 Å². The first-order valence-electron chi connectivity index (χ1n) is 4.89. The molecule has 3 heteroatoms. The summed E-state index contributed by atoms with van der Waals surface area (Å²) in [6.07, 6.45) is 4.22. The molecule has 72 valence electrons. The standard InChI is InChI=1S/C10H18BNO/c1-8(2)9(3)13-11(4)10-5-6-12-7-10/h5-9,12H,1-4H3. The molecule has 1 N–H and O–H groups in total. The summed E-state index contributed by atoms with van der Waals surface area (Å²) in [5.74, 6) is 0.571. The zero-order valence-corrected chi connectivity index (χ0v) is 8.87. The number of rotatable bonds is 4. The maximum Gasteiger partial charge on any atom is 0.325 e. The molecule has 0 amide bonds. The Morgan fingerprint density at radius 1 is 1.38 bits per heavy atom. The monoisotopic (exact) mass is 179 g/mol. The molecule has 1 aromatic heterocycles. The molecular formula is C10H18BNO. The predicted molar refractivity (Wildman–Crippen MR) is 57.4 cm³/mol. The minimum absolute atomic E-state index is 0.184. The van der Waals surface area contributed by atoms with Crippen molar-refractivity contribution in [2.75, 3.05) is 0 Å². The summed E-state index contributed by atoms with van der Waals surface area (Å²) in [6.45, 7) is 8.74. The van der Waals surface area contributed by atoms with Gasteiger partial charge in [-0.1, -0.05) is 20.7 Å². The summed E-state index contributed by atoms with van der Waals surface area (Å²) in [6, 6.07) is 2.05. The second-order valence-electron chi connectivity index (χ2n) is 3.87. The quantitative estimate of drug-likeness (QED) is 0.701. The summed E-state index contributed by atoms with van der Waals surface area (Å²) in [7, 11) is 0. The van der Waals surface area contributed by atoms with Gasteiger partial charge in [-0.3, -0.25) is 0 Å². The van der Waals surface area contributed by atoms with Crippen LogP contribution in [0.4, 0.5) is 0 Å². The first kappa shape index (κ1) is 10.4. The van der Waals surface area contributed by atoms with Crippen molar-refractivity contribution < 1.29 is 4.65 Å². The number of H-pyrrole nitrogens is 1. The highest BCUT2D eigenvalue weighted by Crippen LogP contribution is 2.06. The summed E-state index contributed by atoms with van der Waals surface area (Å²) in [5.41, 5.74) is 1.22. The normalized spacial score (nSPS) is 13.3. The topological polar surface area (TPSA) is 25.0 Å². The Labute approximate surface area is 80.8 Å². The second-order valence-corrected chi connectivity index (χ2v) is 3.87. The fourth-order valence-electron chi connectivity index (χ4n) is 1.15. The third-order valence-electron chi connectivity index (χ3n) is 2.45. The van der Waals surface area contributed by atoms with Gasteiger partial charge in [-0.05, 0) is 30.6 Å². The van der Waals surface area contributed by atoms with Gasteiger partial charge in [0, 0.05) is 12.3 Å². The van der Waals surface area contributed by atoms with Gasteiger partial charge < -0.3 is 9.64 Å². The SMILES string of the molecule is CB(OC(C)C(C)C)c1cc[nH]c1. The first-order chi connectivity index (χ1) is 6.11. The van der Waals surface area contributed by atoms with Crippen molar-refractivity contribution >= 4 is 12.4 Å². The van der Waals surface area contributed by atoms with E-state index in [2.05, 4.69) is 38.6 Å². The number of aromatic nitrogens is 1. The van der Waals surface area contributed by atoms with Crippen LogP contribution in [-0.2, 0) is 4.65 Å². The van der Waals surface area contributed by atoms with Crippen molar-refractivity contribution in [1.29, 1.82) is 0 Å². The van der Waals surface area contributed by atoms with E-state index < -0.39 is 0 Å². The molecule has 1 heterocycles. The highest BCUT2D eigenvalue weighted by molar-refractivity contribution is 6.66. The highest BCUT2D eigenvalue weighted by atomic mass is 16.4. The second kappa shape index (κ2) is 4.52. The lowest BCUT2D eigenvalue weighted by Crippen LogP contribution is -2.34. The molecule has 0 saturated carbocycles. The largest absolute Gasteiger partial charge is 0.428 e. The van der Waals surface area contributed by atoms with Gasteiger partial charge in [0.05, 0.1) is 0 Å². The van der Waals surface area contributed by atoms with Crippen LogP contribution in [-0.4, -0.2) is 18.0 Å². The van der Waals surface area contributed by atoms with Crippen molar-refractivity contribution in [1.82, 2.24) is 4.98 Å². The Morgan fingerprint density at radius 3 is 2.54 bits per heavy atom. The fraction of sp³-hybridized carbons (Fsp3) is 0.600. The molecule has 0 aliphatic carbocycles. The highest BCUT2D eigenvalue weighted by Gasteiger charge is 2.17. The lowest BCUT2D eigenvalue weighted by atomic mass is 9.64. The van der Waals surface area contributed by atoms with E-state index in [4.69, 9.17) is 4.65 Å². The summed E-state index contributed by atoms with van der Waals surface area (Å²) in [4.78, 5) is 3.03. The van der Waals surface area contributed by atoms with Gasteiger partial charge >= 0.3 is 6.92 Å². The maximum atomic E-state index is 5.84. The third-order valence-corrected chi connectivity index (χ3v) is 2.45. The van der Waals surface area contributed by atoms with Gasteiger partial charge in [0.1, 0.15) is 0 Å². The van der Waals surface area contributed by atoms with Gasteiger partial charge in [0.15, 0.2) is 0 Å². The Hall–Kier alpha value is -0.695. The molecule has 2 nitrogen and oxygen atoms in total. The number of hydrogen-bond acceptors (Lipinski definition) is 1. The average molecular weight is 179 g/mol. The van der Waals surface area contributed by atoms with Crippen LogP contribution in [0.1, 0.15) is 20.8 Å². The van der Waals surface area contributed by atoms with Gasteiger partial charge in [-0.25, -0.2) is 0 Å². The molecule has 0 fully saturated rings. The van der Waals surface area contributed by atoms with Crippen LogP contribution >= 0.6 is 0 Å². The molecule has 0 aliphatic rings. The summed E-state index contributed by atoms with van der Waals surface area (Å²) in [5, 5.41) is 0. The third kappa shape index (κ3) is 2.92. The zero-order valence-electron chi connectivity index (χ0n) is 8.87. The number of aromatic amines is 1. The van der Waals surface area contributed by atoms with Crippen LogP contribution in [0.15, 0.2) is 18.5 Å². The number of hydrogen-bond donors (Lipinski definition) is 1. The molecule has 0 bridgehead atoms. The molecule has 0 aromatic carbocycles. The molecule has 0 spiro atoms. The van der Waals surface area contributed by atoms with E-state index in [0.717, 1.165) is 0 Å². The predicted octanol–water partition coefficient (Wildman–Crippen LogP) is 1.90. The van der Waals surface area contributed by atoms with Crippen molar-refractivity contribution in [2.45, 2.75) is 33.7 Å². The van der Waals surface area contributed by atoms with E-state index in [-0.39, 0.29) is 6.92 Å². The van der Waals surface area contributed by atoms with Gasteiger partial charge in [-0.15, -0.1) is 0 Å². The molecule has 1 unspecified atom stereocenters. The minimum atomic E-state index is 0.184. The summed E-state index contributed by atoms with van der Waals surface area (Å²) < 4.78 is 5.84. The van der Waals surface area contributed by atoms with Gasteiger partial charge in [0.25, 0.3) is 0 Å². The van der Waals surface area contributed by atoms with Crippen LogP contribution < -0.4 is 5.46 Å². The van der Waals surface area contributed by atoms with Gasteiger partial charge in [-0.2, -0.15) is 0 Å². The minimum Gasteiger partial charge on any atom is -0.428 e. The molecule has 0 aliphatic heterocycles. The van der Waals surface area contributed by atoms with Crippen LogP contribution in [0.25, 0.3) is 0 Å². The molecule has 13 heavy (non-hydrogen) atoms. The molecule has 1 aromatic rings. The number of nitrogens with one attached hydrogen (secondary N) is 1. The first-order valence-corrected chi connectivity index (χ1v) is 4.89. The smallest absolute Gasteiger partial charge is 0.325 e. The Bertz CT molecular complexity index is 233. The lowest BCUT2D eigenvalue weighted by molar-refractivity contribution is 0.174. The fourth-order valence-corrected chi connectivity index (χ4v) is 1.15. The molecule has 1 rings (SSSR count). The molecule has 0 saturated heterocycles. The summed E-state index contributed by atoms with van der Waals surface area (Å²) >= 11 is 0. The van der Waals surface area contributed by atoms with Crippen molar-refractivity contribution in [3.63, 3.8) is 0 Å². The molecule has 0 radical (unpaired) electrons. The Kier molecular flexibility index (Phi) is 3.61. The zero-order chi connectivity index (χ0) is 9.84. The van der Waals surface area contributed by atoms with Crippen molar-refractivity contribution in [2.24, 2.45) is 5.92 Å². The van der Waals surface area contributed by atoms with E-state index in [1.165, 1.54) is 5.46 Å². The van der Waals surface area contributed by atoms with Crippen molar-refractivity contribution in [3.05, 3.63) is 18.5 Å². The Balaban J connectivity index is 2.46.